The predicted molar refractivity (Wildman–Crippen MR) is 35.6 cm³/mol. The lowest BCUT2D eigenvalue weighted by molar-refractivity contribution is -0.125. The van der Waals surface area contributed by atoms with E-state index in [0.29, 0.717) is 0 Å². The molecule has 0 aliphatic heterocycles. The molecule has 0 fully saturated rings. The molecule has 1 amide bonds. The third-order valence-electron chi connectivity index (χ3n) is 0.829. The van der Waals surface area contributed by atoms with E-state index in [9.17, 15) is 9.59 Å². The Kier molecular flexibility index (Phi) is 2.65. The maximum atomic E-state index is 10.4. The average molecular weight is 166 g/mol. The molecule has 0 radical (unpaired) electrons. The minimum atomic E-state index is -1.33. The molecule has 0 saturated heterocycles. The van der Waals surface area contributed by atoms with E-state index in [1.54, 1.807) is 0 Å². The summed E-state index contributed by atoms with van der Waals surface area (Å²) in [5.41, 5.74) is 3.32. The summed E-state index contributed by atoms with van der Waals surface area (Å²) < 4.78 is 4.36. The van der Waals surface area contributed by atoms with E-state index in [0.717, 1.165) is 0 Å². The molecule has 0 bridgehead atoms. The summed E-state index contributed by atoms with van der Waals surface area (Å²) in [5, 5.41) is -0.758. The Balaban J connectivity index is 4.13. The van der Waals surface area contributed by atoms with Gasteiger partial charge in [-0.25, -0.2) is 4.79 Å². The minimum absolute atomic E-state index is 0.758. The van der Waals surface area contributed by atoms with Crippen molar-refractivity contribution >= 4 is 22.9 Å². The molecule has 0 rings (SSSR count). The maximum Gasteiger partial charge on any atom is 0.405 e. The molecule has 5 heteroatoms. The van der Waals surface area contributed by atoms with Crippen molar-refractivity contribution in [2.45, 2.75) is 19.4 Å². The molecule has 58 valence electrons. The lowest BCUT2D eigenvalue weighted by atomic mass is 10.2. The van der Waals surface area contributed by atoms with Crippen LogP contribution >= 0.6 is 11.6 Å². The fraction of sp³-hybridized carbons (Fsp3) is 0.600. The van der Waals surface area contributed by atoms with Crippen molar-refractivity contribution in [2.24, 2.45) is 5.73 Å². The molecule has 0 spiro atoms. The number of hydrogen-bond donors (Lipinski definition) is 1. The first kappa shape index (κ1) is 9.23. The highest BCUT2D eigenvalue weighted by atomic mass is 35.5. The van der Waals surface area contributed by atoms with Crippen molar-refractivity contribution in [3.8, 4) is 0 Å². The van der Waals surface area contributed by atoms with Crippen LogP contribution in [-0.2, 0) is 9.53 Å². The molecule has 0 aliphatic rings. The van der Waals surface area contributed by atoms with E-state index >= 15 is 0 Å². The van der Waals surface area contributed by atoms with E-state index in [1.165, 1.54) is 13.8 Å². The molecule has 10 heavy (non-hydrogen) atoms. The van der Waals surface area contributed by atoms with Crippen LogP contribution in [0.25, 0.3) is 0 Å². The molecular weight excluding hydrogens is 158 g/mol. The largest absolute Gasteiger partial charge is 0.434 e. The van der Waals surface area contributed by atoms with E-state index in [1.807, 2.05) is 0 Å². The van der Waals surface area contributed by atoms with E-state index < -0.39 is 16.9 Å². The van der Waals surface area contributed by atoms with Gasteiger partial charge in [0.1, 0.15) is 0 Å². The van der Waals surface area contributed by atoms with Crippen LogP contribution in [0, 0.1) is 0 Å². The molecule has 0 saturated carbocycles. The second-order valence-electron chi connectivity index (χ2n) is 2.21. The molecule has 0 aromatic rings. The van der Waals surface area contributed by atoms with Crippen LogP contribution in [-0.4, -0.2) is 16.9 Å². The number of rotatable bonds is 2. The summed E-state index contributed by atoms with van der Waals surface area (Å²) in [5.74, 6) is 0. The Hall–Kier alpha value is -0.770. The van der Waals surface area contributed by atoms with Crippen molar-refractivity contribution in [2.75, 3.05) is 0 Å². The summed E-state index contributed by atoms with van der Waals surface area (Å²) in [7, 11) is 0. The second-order valence-corrected chi connectivity index (χ2v) is 2.55. The topological polar surface area (TPSA) is 69.4 Å². The quantitative estimate of drug-likeness (QED) is 0.610. The average Bonchev–Trinajstić information content (AvgIpc) is 1.60. The zero-order valence-corrected chi connectivity index (χ0v) is 6.44. The smallest absolute Gasteiger partial charge is 0.405 e. The van der Waals surface area contributed by atoms with Crippen LogP contribution in [0.1, 0.15) is 13.8 Å². The second kappa shape index (κ2) is 2.88. The Morgan fingerprint density at radius 1 is 1.50 bits per heavy atom. The van der Waals surface area contributed by atoms with Gasteiger partial charge in [0.2, 0.25) is 0 Å². The van der Waals surface area contributed by atoms with Gasteiger partial charge in [0, 0.05) is 0 Å². The lowest BCUT2D eigenvalue weighted by Gasteiger charge is -2.17. The summed E-state index contributed by atoms with van der Waals surface area (Å²) >= 11 is 5.04. The van der Waals surface area contributed by atoms with E-state index in [4.69, 9.17) is 11.6 Å². The van der Waals surface area contributed by atoms with Gasteiger partial charge in [-0.1, -0.05) is 0 Å². The van der Waals surface area contributed by atoms with Crippen LogP contribution in [0.15, 0.2) is 0 Å². The molecule has 0 aliphatic carbocycles. The van der Waals surface area contributed by atoms with Gasteiger partial charge >= 0.3 is 6.09 Å². The molecule has 0 aromatic heterocycles. The number of carbonyl (C=O) groups is 2. The van der Waals surface area contributed by atoms with Gasteiger partial charge in [0.15, 0.2) is 5.60 Å². The van der Waals surface area contributed by atoms with Crippen LogP contribution in [0.2, 0.25) is 0 Å². The molecule has 0 aromatic carbocycles. The van der Waals surface area contributed by atoms with E-state index in [-0.39, 0.29) is 0 Å². The Labute approximate surface area is 63.3 Å². The van der Waals surface area contributed by atoms with E-state index in [2.05, 4.69) is 10.5 Å². The fourth-order valence-corrected chi connectivity index (χ4v) is 0.330. The summed E-state index contributed by atoms with van der Waals surface area (Å²) in [6.45, 7) is 2.71. The number of carbonyl (C=O) groups excluding carboxylic acids is 2. The molecule has 0 atom stereocenters. The first-order chi connectivity index (χ1) is 4.36. The van der Waals surface area contributed by atoms with Crippen molar-refractivity contribution in [1.29, 1.82) is 0 Å². The highest BCUT2D eigenvalue weighted by Crippen LogP contribution is 2.12. The number of primary amides is 1. The molecule has 2 N–H and O–H groups in total. The van der Waals surface area contributed by atoms with Crippen molar-refractivity contribution in [3.63, 3.8) is 0 Å². The van der Waals surface area contributed by atoms with Gasteiger partial charge in [-0.3, -0.25) is 4.79 Å². The summed E-state index contributed by atoms with van der Waals surface area (Å²) in [4.78, 5) is 20.5. The third kappa shape index (κ3) is 2.68. The normalized spacial score (nSPS) is 10.7. The molecule has 0 unspecified atom stereocenters. The number of nitrogens with two attached hydrogens (primary N) is 1. The molecule has 4 nitrogen and oxygen atoms in total. The SMILES string of the molecule is CC(C)(OC(N)=O)C(=O)Cl. The molecular formula is C5H8ClNO3. The van der Waals surface area contributed by atoms with Crippen LogP contribution in [0.4, 0.5) is 4.79 Å². The number of hydrogen-bond acceptors (Lipinski definition) is 3. The van der Waals surface area contributed by atoms with Crippen LogP contribution < -0.4 is 5.73 Å². The standard InChI is InChI=1S/C5H8ClNO3/c1-5(2,3(6)8)10-4(7)9/h1-2H3,(H2,7,9). The third-order valence-corrected chi connectivity index (χ3v) is 1.28. The highest BCUT2D eigenvalue weighted by molar-refractivity contribution is 6.65. The highest BCUT2D eigenvalue weighted by Gasteiger charge is 2.29. The van der Waals surface area contributed by atoms with Crippen molar-refractivity contribution in [1.82, 2.24) is 0 Å². The number of amides is 1. The first-order valence-electron chi connectivity index (χ1n) is 2.54. The molecule has 0 heterocycles. The number of halogens is 1. The van der Waals surface area contributed by atoms with Gasteiger partial charge in [0.25, 0.3) is 5.24 Å². The fourth-order valence-electron chi connectivity index (χ4n) is 0.292. The van der Waals surface area contributed by atoms with Crippen molar-refractivity contribution < 1.29 is 14.3 Å². The zero-order chi connectivity index (χ0) is 8.36. The monoisotopic (exact) mass is 165 g/mol. The summed E-state index contributed by atoms with van der Waals surface area (Å²) in [6.07, 6.45) is -1.01. The van der Waals surface area contributed by atoms with Gasteiger partial charge in [-0.05, 0) is 25.4 Å². The first-order valence-corrected chi connectivity index (χ1v) is 2.92. The lowest BCUT2D eigenvalue weighted by Crippen LogP contribution is -2.36. The van der Waals surface area contributed by atoms with Gasteiger partial charge < -0.3 is 10.5 Å². The number of ether oxygens (including phenoxy) is 1. The van der Waals surface area contributed by atoms with Crippen LogP contribution in [0.5, 0.6) is 0 Å². The maximum absolute atomic E-state index is 10.4. The van der Waals surface area contributed by atoms with Gasteiger partial charge in [-0.15, -0.1) is 0 Å². The van der Waals surface area contributed by atoms with Crippen molar-refractivity contribution in [3.05, 3.63) is 0 Å². The predicted octanol–water partition coefficient (Wildman–Crippen LogP) is 0.626. The van der Waals surface area contributed by atoms with Gasteiger partial charge in [0.05, 0.1) is 0 Å². The zero-order valence-electron chi connectivity index (χ0n) is 5.68. The minimum Gasteiger partial charge on any atom is -0.434 e. The Morgan fingerprint density at radius 2 is 1.90 bits per heavy atom. The van der Waals surface area contributed by atoms with Gasteiger partial charge in [-0.2, -0.15) is 0 Å². The Bertz CT molecular complexity index is 166. The summed E-state index contributed by atoms with van der Waals surface area (Å²) in [6, 6.07) is 0. The van der Waals surface area contributed by atoms with Crippen LogP contribution in [0.3, 0.4) is 0 Å². The Morgan fingerprint density at radius 3 is 2.00 bits per heavy atom.